The number of nitrogens with zero attached hydrogens (tertiary/aromatic N) is 1. The van der Waals surface area contributed by atoms with Gasteiger partial charge in [0.25, 0.3) is 0 Å². The van der Waals surface area contributed by atoms with Crippen LogP contribution in [-0.4, -0.2) is 31.1 Å². The molecule has 0 saturated carbocycles. The fourth-order valence-electron chi connectivity index (χ4n) is 1.92. The van der Waals surface area contributed by atoms with E-state index in [2.05, 4.69) is 30.6 Å². The molecule has 0 spiro atoms. The summed E-state index contributed by atoms with van der Waals surface area (Å²) in [5.41, 5.74) is 0.162. The maximum atomic E-state index is 11.2. The quantitative estimate of drug-likeness (QED) is 0.625. The monoisotopic (exact) mass is 285 g/mol. The van der Waals surface area contributed by atoms with Crippen LogP contribution in [0.1, 0.15) is 13.8 Å². The van der Waals surface area contributed by atoms with Crippen molar-refractivity contribution in [1.29, 1.82) is 0 Å². The van der Waals surface area contributed by atoms with Crippen molar-refractivity contribution in [2.24, 2.45) is 0 Å². The Morgan fingerprint density at radius 3 is 2.67 bits per heavy atom. The van der Waals surface area contributed by atoms with E-state index in [1.54, 1.807) is 12.1 Å². The van der Waals surface area contributed by atoms with E-state index in [1.807, 2.05) is 12.1 Å². The Hall–Kier alpha value is -2.25. The van der Waals surface area contributed by atoms with Gasteiger partial charge in [0, 0.05) is 17.5 Å². The summed E-state index contributed by atoms with van der Waals surface area (Å²) in [6, 6.07) is 8.55. The zero-order chi connectivity index (χ0) is 15.1. The first kappa shape index (κ1) is 15.1. The average molecular weight is 285 g/mol. The number of rotatable bonds is 5. The normalized spacial score (nSPS) is 10.4. The largest absolute Gasteiger partial charge is 0.481 e. The van der Waals surface area contributed by atoms with Crippen LogP contribution in [0.3, 0.4) is 0 Å². The van der Waals surface area contributed by atoms with Gasteiger partial charge in [-0.05, 0) is 31.3 Å². The molecule has 2 aromatic rings. The van der Waals surface area contributed by atoms with E-state index in [0.717, 1.165) is 25.0 Å². The maximum absolute atomic E-state index is 11.2. The van der Waals surface area contributed by atoms with Crippen molar-refractivity contribution in [2.75, 3.05) is 26.2 Å². The molecule has 1 heterocycles. The number of benzene rings is 1. The highest BCUT2D eigenvalue weighted by Gasteiger charge is 1.99. The molecule has 0 saturated heterocycles. The van der Waals surface area contributed by atoms with E-state index < -0.39 is 0 Å². The number of hydrogen-bond donors (Lipinski definition) is 0. The fourth-order valence-corrected chi connectivity index (χ4v) is 1.92. The van der Waals surface area contributed by atoms with Gasteiger partial charge in [-0.2, -0.15) is 0 Å². The molecule has 0 bridgehead atoms. The lowest BCUT2D eigenvalue weighted by molar-refractivity contribution is 0.341. The van der Waals surface area contributed by atoms with E-state index >= 15 is 0 Å². The molecule has 2 rings (SSSR count). The minimum atomic E-state index is -0.362. The predicted octanol–water partition coefficient (Wildman–Crippen LogP) is 2.52. The summed E-state index contributed by atoms with van der Waals surface area (Å²) in [5.74, 6) is 6.71. The van der Waals surface area contributed by atoms with Crippen LogP contribution in [0.2, 0.25) is 0 Å². The topological polar surface area (TPSA) is 42.7 Å². The van der Waals surface area contributed by atoms with Gasteiger partial charge in [0.15, 0.2) is 0 Å². The van der Waals surface area contributed by atoms with Gasteiger partial charge in [-0.15, -0.1) is 0 Å². The zero-order valence-electron chi connectivity index (χ0n) is 12.4. The molecular formula is C17H19NO3. The number of fused-ring (bicyclic) bond motifs is 1. The smallest absolute Gasteiger partial charge is 0.336 e. The Kier molecular flexibility index (Phi) is 5.42. The van der Waals surface area contributed by atoms with E-state index in [-0.39, 0.29) is 5.63 Å². The van der Waals surface area contributed by atoms with Crippen molar-refractivity contribution in [2.45, 2.75) is 13.8 Å². The molecule has 0 atom stereocenters. The summed E-state index contributed by atoms with van der Waals surface area (Å²) in [6.45, 7) is 7.30. The second-order valence-electron chi connectivity index (χ2n) is 4.56. The Bertz CT molecular complexity index is 705. The molecule has 0 unspecified atom stereocenters. The fraction of sp³-hybridized carbons (Fsp3) is 0.353. The lowest BCUT2D eigenvalue weighted by atomic mass is 10.2. The van der Waals surface area contributed by atoms with Crippen LogP contribution < -0.4 is 10.4 Å². The van der Waals surface area contributed by atoms with Crippen LogP contribution in [0.4, 0.5) is 0 Å². The van der Waals surface area contributed by atoms with Crippen LogP contribution in [0.5, 0.6) is 5.75 Å². The van der Waals surface area contributed by atoms with Crippen molar-refractivity contribution < 1.29 is 9.15 Å². The number of hydrogen-bond acceptors (Lipinski definition) is 4. The van der Waals surface area contributed by atoms with Gasteiger partial charge in [0.05, 0.1) is 6.54 Å². The molecule has 0 aliphatic heterocycles. The first-order valence-corrected chi connectivity index (χ1v) is 7.07. The standard InChI is InChI=1S/C17H19NO3/c1-3-18(4-2)11-5-6-12-20-15-9-7-14-8-10-17(19)21-16(14)13-15/h7-10,13H,3-4,11-12H2,1-2H3. The zero-order valence-corrected chi connectivity index (χ0v) is 12.4. The lowest BCUT2D eigenvalue weighted by Crippen LogP contribution is -2.22. The summed E-state index contributed by atoms with van der Waals surface area (Å²) in [4.78, 5) is 13.4. The molecule has 0 N–H and O–H groups in total. The van der Waals surface area contributed by atoms with Crippen molar-refractivity contribution in [3.63, 3.8) is 0 Å². The second-order valence-corrected chi connectivity index (χ2v) is 4.56. The Morgan fingerprint density at radius 2 is 1.90 bits per heavy atom. The molecular weight excluding hydrogens is 266 g/mol. The molecule has 21 heavy (non-hydrogen) atoms. The van der Waals surface area contributed by atoms with Crippen molar-refractivity contribution >= 4 is 11.0 Å². The molecule has 0 aliphatic rings. The summed E-state index contributed by atoms with van der Waals surface area (Å²) < 4.78 is 10.7. The van der Waals surface area contributed by atoms with Crippen molar-refractivity contribution in [1.82, 2.24) is 4.90 Å². The molecule has 0 radical (unpaired) electrons. The van der Waals surface area contributed by atoms with Gasteiger partial charge >= 0.3 is 5.63 Å². The maximum Gasteiger partial charge on any atom is 0.336 e. The molecule has 1 aromatic carbocycles. The highest BCUT2D eigenvalue weighted by molar-refractivity contribution is 5.77. The third kappa shape index (κ3) is 4.37. The first-order valence-electron chi connectivity index (χ1n) is 7.07. The summed E-state index contributed by atoms with van der Waals surface area (Å²) >= 11 is 0. The molecule has 1 aromatic heterocycles. The van der Waals surface area contributed by atoms with Gasteiger partial charge in [0.2, 0.25) is 0 Å². The van der Waals surface area contributed by atoms with Gasteiger partial charge < -0.3 is 9.15 Å². The van der Waals surface area contributed by atoms with Gasteiger partial charge in [-0.3, -0.25) is 4.90 Å². The van der Waals surface area contributed by atoms with Gasteiger partial charge in [-0.25, -0.2) is 4.79 Å². The summed E-state index contributed by atoms with van der Waals surface area (Å²) in [6.07, 6.45) is 0. The van der Waals surface area contributed by atoms with E-state index in [0.29, 0.717) is 17.9 Å². The number of ether oxygens (including phenoxy) is 1. The van der Waals surface area contributed by atoms with Gasteiger partial charge in [0.1, 0.15) is 17.9 Å². The van der Waals surface area contributed by atoms with E-state index in [9.17, 15) is 4.79 Å². The van der Waals surface area contributed by atoms with Crippen LogP contribution >= 0.6 is 0 Å². The van der Waals surface area contributed by atoms with Crippen LogP contribution in [0.25, 0.3) is 11.0 Å². The van der Waals surface area contributed by atoms with E-state index in [1.165, 1.54) is 6.07 Å². The summed E-state index contributed by atoms with van der Waals surface area (Å²) in [5, 5.41) is 0.870. The third-order valence-corrected chi connectivity index (χ3v) is 3.23. The molecule has 0 aliphatic carbocycles. The lowest BCUT2D eigenvalue weighted by Gasteiger charge is -2.13. The third-order valence-electron chi connectivity index (χ3n) is 3.23. The van der Waals surface area contributed by atoms with Crippen molar-refractivity contribution in [3.05, 3.63) is 40.8 Å². The summed E-state index contributed by atoms with van der Waals surface area (Å²) in [7, 11) is 0. The Balaban J connectivity index is 1.95. The second kappa shape index (κ2) is 7.51. The molecule has 110 valence electrons. The Morgan fingerprint density at radius 1 is 1.14 bits per heavy atom. The van der Waals surface area contributed by atoms with Crippen LogP contribution in [-0.2, 0) is 0 Å². The first-order chi connectivity index (χ1) is 10.2. The SMILES string of the molecule is CCN(CC)CC#CCOc1ccc2ccc(=O)oc2c1. The molecule has 4 heteroatoms. The highest BCUT2D eigenvalue weighted by Crippen LogP contribution is 2.19. The van der Waals surface area contributed by atoms with Crippen molar-refractivity contribution in [3.8, 4) is 17.6 Å². The molecule has 0 fully saturated rings. The Labute approximate surface area is 124 Å². The minimum Gasteiger partial charge on any atom is -0.481 e. The highest BCUT2D eigenvalue weighted by atomic mass is 16.5. The molecule has 4 nitrogen and oxygen atoms in total. The van der Waals surface area contributed by atoms with E-state index in [4.69, 9.17) is 9.15 Å². The van der Waals surface area contributed by atoms with Gasteiger partial charge in [-0.1, -0.05) is 25.7 Å². The predicted molar refractivity (Wildman–Crippen MR) is 83.5 cm³/mol. The molecule has 0 amide bonds. The minimum absolute atomic E-state index is 0.323. The average Bonchev–Trinajstić information content (AvgIpc) is 2.50. The van der Waals surface area contributed by atoms with Crippen LogP contribution in [0.15, 0.2) is 39.5 Å². The van der Waals surface area contributed by atoms with Crippen LogP contribution in [0, 0.1) is 11.8 Å².